The van der Waals surface area contributed by atoms with Gasteiger partial charge in [-0.25, -0.2) is 4.98 Å². The van der Waals surface area contributed by atoms with Crippen LogP contribution >= 0.6 is 11.3 Å². The summed E-state index contributed by atoms with van der Waals surface area (Å²) in [5, 5.41) is 8.57. The molecule has 106 valence electrons. The molecule has 0 fully saturated rings. The van der Waals surface area contributed by atoms with Gasteiger partial charge < -0.3 is 5.32 Å². The molecule has 0 bridgehead atoms. The minimum atomic E-state index is -0.111. The van der Waals surface area contributed by atoms with Crippen LogP contribution in [0.3, 0.4) is 0 Å². The van der Waals surface area contributed by atoms with Gasteiger partial charge >= 0.3 is 0 Å². The average molecular weight is 289 g/mol. The van der Waals surface area contributed by atoms with E-state index in [0.717, 1.165) is 16.8 Å². The number of aryl methyl sites for hydroxylation is 2. The molecule has 0 spiro atoms. The summed E-state index contributed by atoms with van der Waals surface area (Å²) in [5.74, 6) is -0.111. The fourth-order valence-corrected chi connectivity index (χ4v) is 2.72. The number of nitrogens with zero attached hydrogens (tertiary/aromatic N) is 1. The number of amides is 1. The van der Waals surface area contributed by atoms with E-state index in [1.165, 1.54) is 11.3 Å². The maximum absolute atomic E-state index is 12.2. The first-order valence-corrected chi connectivity index (χ1v) is 7.40. The van der Waals surface area contributed by atoms with Crippen LogP contribution in [0.25, 0.3) is 0 Å². The van der Waals surface area contributed by atoms with E-state index < -0.39 is 0 Å². The van der Waals surface area contributed by atoms with Crippen molar-refractivity contribution in [3.63, 3.8) is 0 Å². The van der Waals surface area contributed by atoms with Crippen molar-refractivity contribution in [3.05, 3.63) is 46.0 Å². The van der Waals surface area contributed by atoms with Crippen LogP contribution in [0, 0.1) is 13.8 Å². The van der Waals surface area contributed by atoms with E-state index in [0.29, 0.717) is 10.7 Å². The van der Waals surface area contributed by atoms with Crippen molar-refractivity contribution in [2.24, 2.45) is 0 Å². The maximum Gasteiger partial charge on any atom is 0.257 e. The average Bonchev–Trinajstić information content (AvgIpc) is 2.86. The van der Waals surface area contributed by atoms with E-state index in [2.05, 4.69) is 15.6 Å². The lowest BCUT2D eigenvalue weighted by atomic mass is 10.1. The normalized spacial score (nSPS) is 12.2. The largest absolute Gasteiger partial charge is 0.312 e. The standard InChI is InChI=1S/C15H19N3OS/c1-9-5-6-12(10(2)7-9)14(19)18-15-17-13(8-20-15)11(3)16-4/h5-8,11,16H,1-4H3,(H,17,18,19). The lowest BCUT2D eigenvalue weighted by Gasteiger charge is -2.07. The van der Waals surface area contributed by atoms with Gasteiger partial charge in [0.1, 0.15) is 0 Å². The molecule has 0 aliphatic carbocycles. The van der Waals surface area contributed by atoms with Crippen LogP contribution in [0.2, 0.25) is 0 Å². The lowest BCUT2D eigenvalue weighted by Crippen LogP contribution is -2.15. The number of thiazole rings is 1. The summed E-state index contributed by atoms with van der Waals surface area (Å²) in [6, 6.07) is 5.98. The summed E-state index contributed by atoms with van der Waals surface area (Å²) < 4.78 is 0. The molecule has 2 aromatic rings. The van der Waals surface area contributed by atoms with Crippen molar-refractivity contribution < 1.29 is 4.79 Å². The predicted octanol–water partition coefficient (Wildman–Crippen LogP) is 3.29. The number of carbonyl (C=O) groups is 1. The Bertz CT molecular complexity index is 621. The minimum Gasteiger partial charge on any atom is -0.312 e. The number of aromatic nitrogens is 1. The van der Waals surface area contributed by atoms with Crippen LogP contribution in [0.5, 0.6) is 0 Å². The molecule has 1 aromatic carbocycles. The van der Waals surface area contributed by atoms with Gasteiger partial charge in [-0.3, -0.25) is 10.1 Å². The van der Waals surface area contributed by atoms with Gasteiger partial charge in [0.25, 0.3) is 5.91 Å². The molecule has 2 rings (SSSR count). The molecule has 5 heteroatoms. The van der Waals surface area contributed by atoms with Gasteiger partial charge in [0.15, 0.2) is 5.13 Å². The first kappa shape index (κ1) is 14.7. The van der Waals surface area contributed by atoms with Crippen molar-refractivity contribution in [1.29, 1.82) is 0 Å². The Hall–Kier alpha value is -1.72. The van der Waals surface area contributed by atoms with Crippen molar-refractivity contribution in [1.82, 2.24) is 10.3 Å². The minimum absolute atomic E-state index is 0.111. The Balaban J connectivity index is 2.13. The molecule has 4 nitrogen and oxygen atoms in total. The molecule has 1 amide bonds. The molecule has 0 radical (unpaired) electrons. The summed E-state index contributed by atoms with van der Waals surface area (Å²) >= 11 is 1.44. The zero-order valence-corrected chi connectivity index (χ0v) is 13.0. The van der Waals surface area contributed by atoms with Gasteiger partial charge in [0.2, 0.25) is 0 Å². The van der Waals surface area contributed by atoms with Crippen LogP contribution < -0.4 is 10.6 Å². The second kappa shape index (κ2) is 6.15. The molecule has 0 aliphatic heterocycles. The summed E-state index contributed by atoms with van der Waals surface area (Å²) in [4.78, 5) is 16.7. The molecule has 2 N–H and O–H groups in total. The Morgan fingerprint density at radius 1 is 1.35 bits per heavy atom. The SMILES string of the molecule is CNC(C)c1csc(NC(=O)c2ccc(C)cc2C)n1. The van der Waals surface area contributed by atoms with Gasteiger partial charge in [0.05, 0.1) is 5.69 Å². The number of anilines is 1. The van der Waals surface area contributed by atoms with Gasteiger partial charge in [-0.15, -0.1) is 11.3 Å². The maximum atomic E-state index is 12.2. The fraction of sp³-hybridized carbons (Fsp3) is 0.333. The first-order valence-electron chi connectivity index (χ1n) is 6.52. The zero-order chi connectivity index (χ0) is 14.7. The van der Waals surface area contributed by atoms with Crippen LogP contribution in [0.1, 0.15) is 40.1 Å². The Morgan fingerprint density at radius 3 is 2.75 bits per heavy atom. The smallest absolute Gasteiger partial charge is 0.257 e. The number of carbonyl (C=O) groups excluding carboxylic acids is 1. The van der Waals surface area contributed by atoms with Gasteiger partial charge in [-0.2, -0.15) is 0 Å². The van der Waals surface area contributed by atoms with Crippen molar-refractivity contribution in [3.8, 4) is 0 Å². The van der Waals surface area contributed by atoms with E-state index >= 15 is 0 Å². The highest BCUT2D eigenvalue weighted by Gasteiger charge is 2.13. The van der Waals surface area contributed by atoms with E-state index in [1.807, 2.05) is 51.4 Å². The predicted molar refractivity (Wildman–Crippen MR) is 83.5 cm³/mol. The van der Waals surface area contributed by atoms with Crippen molar-refractivity contribution in [2.75, 3.05) is 12.4 Å². The van der Waals surface area contributed by atoms with Gasteiger partial charge in [-0.05, 0) is 39.4 Å². The van der Waals surface area contributed by atoms with Gasteiger partial charge in [0, 0.05) is 17.0 Å². The molecule has 1 heterocycles. The topological polar surface area (TPSA) is 54.0 Å². The zero-order valence-electron chi connectivity index (χ0n) is 12.2. The summed E-state index contributed by atoms with van der Waals surface area (Å²) in [5.41, 5.74) is 3.75. The molecular formula is C15H19N3OS. The quantitative estimate of drug-likeness (QED) is 0.908. The second-order valence-electron chi connectivity index (χ2n) is 4.86. The number of rotatable bonds is 4. The molecule has 0 saturated carbocycles. The molecule has 1 aromatic heterocycles. The molecule has 0 aliphatic rings. The Morgan fingerprint density at radius 2 is 2.10 bits per heavy atom. The summed E-state index contributed by atoms with van der Waals surface area (Å²) in [6.45, 7) is 5.99. The third-order valence-electron chi connectivity index (χ3n) is 3.25. The molecular weight excluding hydrogens is 270 g/mol. The summed E-state index contributed by atoms with van der Waals surface area (Å²) in [7, 11) is 1.89. The third-order valence-corrected chi connectivity index (χ3v) is 4.02. The van der Waals surface area contributed by atoms with Crippen LogP contribution in [-0.4, -0.2) is 17.9 Å². The van der Waals surface area contributed by atoms with Crippen molar-refractivity contribution >= 4 is 22.4 Å². The van der Waals surface area contributed by atoms with E-state index in [4.69, 9.17) is 0 Å². The molecule has 0 saturated heterocycles. The van der Waals surface area contributed by atoms with E-state index in [1.54, 1.807) is 0 Å². The molecule has 1 unspecified atom stereocenters. The number of benzene rings is 1. The number of hydrogen-bond donors (Lipinski definition) is 2. The number of hydrogen-bond acceptors (Lipinski definition) is 4. The highest BCUT2D eigenvalue weighted by atomic mass is 32.1. The van der Waals surface area contributed by atoms with Crippen molar-refractivity contribution in [2.45, 2.75) is 26.8 Å². The second-order valence-corrected chi connectivity index (χ2v) is 5.72. The summed E-state index contributed by atoms with van der Waals surface area (Å²) in [6.07, 6.45) is 0. The van der Waals surface area contributed by atoms with E-state index in [9.17, 15) is 4.79 Å². The monoisotopic (exact) mass is 289 g/mol. The fourth-order valence-electron chi connectivity index (χ4n) is 1.92. The van der Waals surface area contributed by atoms with Crippen LogP contribution in [0.15, 0.2) is 23.6 Å². The third kappa shape index (κ3) is 3.23. The Labute approximate surface area is 123 Å². The highest BCUT2D eigenvalue weighted by Crippen LogP contribution is 2.21. The first-order chi connectivity index (χ1) is 9.51. The van der Waals surface area contributed by atoms with Gasteiger partial charge in [-0.1, -0.05) is 17.7 Å². The lowest BCUT2D eigenvalue weighted by molar-refractivity contribution is 0.102. The molecule has 20 heavy (non-hydrogen) atoms. The Kier molecular flexibility index (Phi) is 4.52. The van der Waals surface area contributed by atoms with Crippen LogP contribution in [-0.2, 0) is 0 Å². The van der Waals surface area contributed by atoms with Crippen LogP contribution in [0.4, 0.5) is 5.13 Å². The van der Waals surface area contributed by atoms with E-state index in [-0.39, 0.29) is 11.9 Å². The molecule has 1 atom stereocenters. The number of nitrogens with one attached hydrogen (secondary N) is 2. The highest BCUT2D eigenvalue weighted by molar-refractivity contribution is 7.14.